The van der Waals surface area contributed by atoms with Crippen molar-refractivity contribution in [2.75, 3.05) is 13.1 Å². The molecule has 2 amide bonds. The summed E-state index contributed by atoms with van der Waals surface area (Å²) in [5, 5.41) is 9.03. The van der Waals surface area contributed by atoms with Crippen molar-refractivity contribution in [2.45, 2.75) is 39.0 Å². The Morgan fingerprint density at radius 1 is 0.806 bits per heavy atom. The number of nitrogens with two attached hydrogens (primary N) is 1. The Kier molecular flexibility index (Phi) is 9.09. The first-order valence-corrected chi connectivity index (χ1v) is 12.7. The number of carbonyl (C=O) groups is 1. The number of fused-ring (bicyclic) bond motifs is 1. The van der Waals surface area contributed by atoms with Crippen LogP contribution in [-0.2, 0) is 19.6 Å². The van der Waals surface area contributed by atoms with Gasteiger partial charge in [0.05, 0.1) is 6.04 Å². The summed E-state index contributed by atoms with van der Waals surface area (Å²) in [6.45, 7) is 5.39. The first-order valence-electron chi connectivity index (χ1n) is 12.7. The zero-order chi connectivity index (χ0) is 25.2. The fraction of sp³-hybridized carbons (Fsp3) is 0.258. The molecule has 0 spiro atoms. The average Bonchev–Trinajstić information content (AvgIpc) is 2.92. The summed E-state index contributed by atoms with van der Waals surface area (Å²) >= 11 is 0. The van der Waals surface area contributed by atoms with Gasteiger partial charge in [-0.2, -0.15) is 0 Å². The van der Waals surface area contributed by atoms with Crippen molar-refractivity contribution in [3.8, 4) is 0 Å². The fourth-order valence-electron chi connectivity index (χ4n) is 4.45. The summed E-state index contributed by atoms with van der Waals surface area (Å²) in [6, 6.07) is 33.2. The van der Waals surface area contributed by atoms with Gasteiger partial charge < -0.3 is 21.3 Å². The molecule has 4 aromatic carbocycles. The third-order valence-corrected chi connectivity index (χ3v) is 6.45. The van der Waals surface area contributed by atoms with Crippen molar-refractivity contribution in [2.24, 2.45) is 5.73 Å². The maximum absolute atomic E-state index is 13.3. The lowest BCUT2D eigenvalue weighted by atomic mass is 10.00. The molecule has 1 atom stereocenters. The molecule has 0 saturated heterocycles. The topological polar surface area (TPSA) is 70.4 Å². The predicted molar refractivity (Wildman–Crippen MR) is 148 cm³/mol. The zero-order valence-corrected chi connectivity index (χ0v) is 21.0. The van der Waals surface area contributed by atoms with Gasteiger partial charge in [-0.15, -0.1) is 0 Å². The van der Waals surface area contributed by atoms with Gasteiger partial charge in [-0.1, -0.05) is 97.1 Å². The van der Waals surface area contributed by atoms with Crippen LogP contribution < -0.4 is 16.4 Å². The Bertz CT molecular complexity index is 1240. The Morgan fingerprint density at radius 3 is 2.19 bits per heavy atom. The maximum Gasteiger partial charge on any atom is 0.318 e. The van der Waals surface area contributed by atoms with E-state index in [2.05, 4.69) is 83.4 Å². The predicted octanol–water partition coefficient (Wildman–Crippen LogP) is 5.75. The molecule has 5 nitrogen and oxygen atoms in total. The summed E-state index contributed by atoms with van der Waals surface area (Å²) in [5.41, 5.74) is 10.5. The number of urea groups is 1. The summed E-state index contributed by atoms with van der Waals surface area (Å²) in [7, 11) is 0. The number of nitrogens with one attached hydrogen (secondary N) is 2. The molecule has 0 heterocycles. The highest BCUT2D eigenvalue weighted by Gasteiger charge is 2.18. The number of hydrogen-bond donors (Lipinski definition) is 3. The van der Waals surface area contributed by atoms with Crippen LogP contribution in [0.1, 0.15) is 41.6 Å². The van der Waals surface area contributed by atoms with Crippen molar-refractivity contribution < 1.29 is 4.79 Å². The van der Waals surface area contributed by atoms with E-state index in [0.717, 1.165) is 36.0 Å². The number of rotatable bonds is 11. The fourth-order valence-corrected chi connectivity index (χ4v) is 4.45. The van der Waals surface area contributed by atoms with E-state index in [4.69, 9.17) is 5.73 Å². The zero-order valence-electron chi connectivity index (χ0n) is 21.0. The maximum atomic E-state index is 13.3. The largest absolute Gasteiger partial charge is 0.331 e. The monoisotopic (exact) mass is 480 g/mol. The summed E-state index contributed by atoms with van der Waals surface area (Å²) in [5.74, 6) is 0. The highest BCUT2D eigenvalue weighted by molar-refractivity contribution is 5.86. The minimum absolute atomic E-state index is 0.0718. The number of nitrogens with zero attached hydrogens (tertiary/aromatic N) is 1. The van der Waals surface area contributed by atoms with Gasteiger partial charge in [-0.05, 0) is 52.9 Å². The second-order valence-electron chi connectivity index (χ2n) is 9.21. The second kappa shape index (κ2) is 12.9. The first-order chi connectivity index (χ1) is 17.6. The van der Waals surface area contributed by atoms with E-state index in [-0.39, 0.29) is 12.1 Å². The van der Waals surface area contributed by atoms with E-state index in [1.54, 1.807) is 0 Å². The SMILES string of the molecule is CC(NC(=O)N(CCCN)Cc1ccc(CNCc2ccccc2)cc1)c1cccc2ccccc12. The number of benzene rings is 4. The highest BCUT2D eigenvalue weighted by atomic mass is 16.2. The van der Waals surface area contributed by atoms with Gasteiger partial charge >= 0.3 is 6.03 Å². The minimum atomic E-state index is -0.109. The van der Waals surface area contributed by atoms with E-state index in [9.17, 15) is 4.79 Å². The molecular formula is C31H36N4O. The normalized spacial score (nSPS) is 11.8. The summed E-state index contributed by atoms with van der Waals surface area (Å²) in [6.07, 6.45) is 0.761. The molecule has 36 heavy (non-hydrogen) atoms. The number of amides is 2. The van der Waals surface area contributed by atoms with Crippen LogP contribution in [0.4, 0.5) is 4.79 Å². The summed E-state index contributed by atoms with van der Waals surface area (Å²) < 4.78 is 0. The van der Waals surface area contributed by atoms with Gasteiger partial charge in [0.15, 0.2) is 0 Å². The quantitative estimate of drug-likeness (QED) is 0.256. The third kappa shape index (κ3) is 6.94. The van der Waals surface area contributed by atoms with Crippen LogP contribution in [-0.4, -0.2) is 24.0 Å². The van der Waals surface area contributed by atoms with E-state index < -0.39 is 0 Å². The lowest BCUT2D eigenvalue weighted by Crippen LogP contribution is -2.41. The van der Waals surface area contributed by atoms with Crippen LogP contribution >= 0.6 is 0 Å². The Hall–Kier alpha value is -3.67. The molecule has 0 fully saturated rings. The van der Waals surface area contributed by atoms with Crippen LogP contribution in [0.5, 0.6) is 0 Å². The lowest BCUT2D eigenvalue weighted by Gasteiger charge is -2.26. The number of hydrogen-bond acceptors (Lipinski definition) is 3. The Labute approximate surface area is 214 Å². The Morgan fingerprint density at radius 2 is 1.44 bits per heavy atom. The van der Waals surface area contributed by atoms with Crippen molar-refractivity contribution in [3.63, 3.8) is 0 Å². The average molecular weight is 481 g/mol. The molecule has 0 bridgehead atoms. The van der Waals surface area contributed by atoms with E-state index >= 15 is 0 Å². The van der Waals surface area contributed by atoms with Crippen LogP contribution in [0, 0.1) is 0 Å². The molecule has 186 valence electrons. The van der Waals surface area contributed by atoms with Gasteiger partial charge in [-0.3, -0.25) is 0 Å². The van der Waals surface area contributed by atoms with Crippen molar-refractivity contribution >= 4 is 16.8 Å². The molecule has 0 aliphatic heterocycles. The third-order valence-electron chi connectivity index (χ3n) is 6.45. The van der Waals surface area contributed by atoms with E-state index in [1.807, 2.05) is 36.1 Å². The second-order valence-corrected chi connectivity index (χ2v) is 9.21. The molecular weight excluding hydrogens is 444 g/mol. The molecule has 1 unspecified atom stereocenters. The van der Waals surface area contributed by atoms with E-state index in [1.165, 1.54) is 16.5 Å². The van der Waals surface area contributed by atoms with Crippen LogP contribution in [0.25, 0.3) is 10.8 Å². The van der Waals surface area contributed by atoms with Gasteiger partial charge in [0.25, 0.3) is 0 Å². The van der Waals surface area contributed by atoms with Crippen molar-refractivity contribution in [1.29, 1.82) is 0 Å². The van der Waals surface area contributed by atoms with Crippen molar-refractivity contribution in [1.82, 2.24) is 15.5 Å². The molecule has 5 heteroatoms. The molecule has 4 rings (SSSR count). The lowest BCUT2D eigenvalue weighted by molar-refractivity contribution is 0.191. The van der Waals surface area contributed by atoms with Crippen LogP contribution in [0.15, 0.2) is 97.1 Å². The molecule has 4 aromatic rings. The molecule has 0 aliphatic rings. The first kappa shape index (κ1) is 25.4. The van der Waals surface area contributed by atoms with Crippen LogP contribution in [0.3, 0.4) is 0 Å². The van der Waals surface area contributed by atoms with Gasteiger partial charge in [0.1, 0.15) is 0 Å². The Balaban J connectivity index is 1.36. The van der Waals surface area contributed by atoms with Gasteiger partial charge in [-0.25, -0.2) is 4.79 Å². The van der Waals surface area contributed by atoms with Gasteiger partial charge in [0.2, 0.25) is 0 Å². The standard InChI is InChI=1S/C31H36N4O/c1-24(29-14-7-12-28-11-5-6-13-30(28)29)34-31(36)35(20-8-19-32)23-27-17-15-26(16-18-27)22-33-21-25-9-3-2-4-10-25/h2-7,9-18,24,33H,8,19-23,32H2,1H3,(H,34,36). The minimum Gasteiger partial charge on any atom is -0.331 e. The molecule has 0 radical (unpaired) electrons. The summed E-state index contributed by atoms with van der Waals surface area (Å²) in [4.78, 5) is 15.1. The van der Waals surface area contributed by atoms with E-state index in [0.29, 0.717) is 19.6 Å². The van der Waals surface area contributed by atoms with Gasteiger partial charge in [0, 0.05) is 26.2 Å². The molecule has 0 aromatic heterocycles. The number of carbonyl (C=O) groups excluding carboxylic acids is 1. The van der Waals surface area contributed by atoms with Crippen molar-refractivity contribution in [3.05, 3.63) is 119 Å². The highest BCUT2D eigenvalue weighted by Crippen LogP contribution is 2.24. The molecule has 4 N–H and O–H groups in total. The molecule has 0 saturated carbocycles. The van der Waals surface area contributed by atoms with Crippen LogP contribution in [0.2, 0.25) is 0 Å². The molecule has 0 aliphatic carbocycles. The smallest absolute Gasteiger partial charge is 0.318 e.